The summed E-state index contributed by atoms with van der Waals surface area (Å²) in [6.45, 7) is 3.59. The van der Waals surface area contributed by atoms with Gasteiger partial charge in [0.05, 0.1) is 17.9 Å². The van der Waals surface area contributed by atoms with Crippen molar-refractivity contribution >= 4 is 53.1 Å². The smallest absolute Gasteiger partial charge is 0.306 e. The second-order valence-corrected chi connectivity index (χ2v) is 7.30. The zero-order valence-corrected chi connectivity index (χ0v) is 20.2. The van der Waals surface area contributed by atoms with Crippen LogP contribution in [0.5, 0.6) is 0 Å². The fourth-order valence-corrected chi connectivity index (χ4v) is 3.50. The molecule has 1 N–H and O–H groups in total. The van der Waals surface area contributed by atoms with Crippen molar-refractivity contribution in [3.05, 3.63) is 57.4 Å². The van der Waals surface area contributed by atoms with E-state index in [1.165, 1.54) is 17.1 Å². The Morgan fingerprint density at radius 1 is 1.29 bits per heavy atom. The number of rotatable bonds is 6. The van der Waals surface area contributed by atoms with Crippen molar-refractivity contribution in [2.45, 2.75) is 13.0 Å². The number of piperazine rings is 1. The molecule has 1 saturated heterocycles. The number of nitrogens with one attached hydrogen (secondary N) is 1. The summed E-state index contributed by atoms with van der Waals surface area (Å²) < 4.78 is 1.52. The monoisotopic (exact) mass is 561 g/mol. The number of hydrogen-bond acceptors (Lipinski definition) is 5. The van der Waals surface area contributed by atoms with Crippen LogP contribution in [0, 0.1) is 10.1 Å². The summed E-state index contributed by atoms with van der Waals surface area (Å²) in [5.41, 5.74) is 0.879. The Bertz CT molecular complexity index is 929. The number of halogens is 2. The van der Waals surface area contributed by atoms with Gasteiger partial charge >= 0.3 is 5.69 Å². The van der Waals surface area contributed by atoms with Gasteiger partial charge in [0.2, 0.25) is 5.91 Å². The molecule has 1 amide bonds. The molecule has 2 aromatic rings. The normalized spacial score (nSPS) is 14.2. The lowest BCUT2D eigenvalue weighted by atomic mass is 10.1. The average Bonchev–Trinajstić information content (AvgIpc) is 3.21. The van der Waals surface area contributed by atoms with Crippen LogP contribution < -0.4 is 5.32 Å². The third-order valence-corrected chi connectivity index (χ3v) is 5.08. The van der Waals surface area contributed by atoms with Crippen LogP contribution in [0.3, 0.4) is 0 Å². The number of amides is 1. The van der Waals surface area contributed by atoms with Crippen LogP contribution in [0.15, 0.2) is 41.7 Å². The largest absolute Gasteiger partial charge is 0.354 e. The third-order valence-electron chi connectivity index (χ3n) is 4.84. The maximum atomic E-state index is 12.6. The van der Waals surface area contributed by atoms with Crippen molar-refractivity contribution in [1.82, 2.24) is 24.9 Å². The van der Waals surface area contributed by atoms with Crippen molar-refractivity contribution in [3.63, 3.8) is 0 Å². The van der Waals surface area contributed by atoms with E-state index in [-0.39, 0.29) is 35.6 Å². The van der Waals surface area contributed by atoms with Crippen LogP contribution in [-0.2, 0) is 17.8 Å². The number of nitro groups is 1. The summed E-state index contributed by atoms with van der Waals surface area (Å²) in [5, 5.41) is 18.6. The Morgan fingerprint density at radius 2 is 2.00 bits per heavy atom. The highest BCUT2D eigenvalue weighted by Crippen LogP contribution is 2.13. The second kappa shape index (κ2) is 11.8. The molecule has 0 atom stereocenters. The summed E-state index contributed by atoms with van der Waals surface area (Å²) in [5.74, 6) is 0.818. The van der Waals surface area contributed by atoms with Gasteiger partial charge in [-0.15, -0.1) is 24.0 Å². The lowest BCUT2D eigenvalue weighted by molar-refractivity contribution is -0.385. The zero-order chi connectivity index (χ0) is 21.5. The minimum absolute atomic E-state index is 0. The van der Waals surface area contributed by atoms with Gasteiger partial charge in [0.15, 0.2) is 5.96 Å². The number of carbonyl (C=O) groups excluding carboxylic acids is 1. The summed E-state index contributed by atoms with van der Waals surface area (Å²) in [6.07, 6.45) is 2.97. The molecule has 3 rings (SSSR count). The average molecular weight is 562 g/mol. The molecule has 1 fully saturated rings. The summed E-state index contributed by atoms with van der Waals surface area (Å²) in [4.78, 5) is 31.1. The van der Waals surface area contributed by atoms with Gasteiger partial charge in [-0.2, -0.15) is 5.10 Å². The van der Waals surface area contributed by atoms with E-state index in [4.69, 9.17) is 11.6 Å². The van der Waals surface area contributed by atoms with Gasteiger partial charge in [-0.3, -0.25) is 24.6 Å². The van der Waals surface area contributed by atoms with E-state index in [1.54, 1.807) is 13.1 Å². The Morgan fingerprint density at radius 3 is 2.61 bits per heavy atom. The van der Waals surface area contributed by atoms with Crippen molar-refractivity contribution in [1.29, 1.82) is 0 Å². The first-order chi connectivity index (χ1) is 14.5. The number of aromatic nitrogens is 2. The van der Waals surface area contributed by atoms with E-state index in [2.05, 4.69) is 20.3 Å². The van der Waals surface area contributed by atoms with Gasteiger partial charge in [-0.1, -0.05) is 23.7 Å². The van der Waals surface area contributed by atoms with Crippen LogP contribution in [-0.4, -0.2) is 76.1 Å². The maximum Gasteiger partial charge on any atom is 0.306 e. The van der Waals surface area contributed by atoms with E-state index < -0.39 is 4.92 Å². The number of carbonyl (C=O) groups is 1. The number of hydrogen-bond donors (Lipinski definition) is 1. The van der Waals surface area contributed by atoms with Crippen LogP contribution in [0.2, 0.25) is 5.02 Å². The quantitative estimate of drug-likeness (QED) is 0.190. The molecular formula is C19H25ClIN7O3. The second-order valence-electron chi connectivity index (χ2n) is 6.87. The first-order valence-corrected chi connectivity index (χ1v) is 9.98. The summed E-state index contributed by atoms with van der Waals surface area (Å²) in [6, 6.07) is 7.36. The highest BCUT2D eigenvalue weighted by molar-refractivity contribution is 14.0. The minimum Gasteiger partial charge on any atom is -0.354 e. The van der Waals surface area contributed by atoms with E-state index >= 15 is 0 Å². The van der Waals surface area contributed by atoms with Gasteiger partial charge in [0.25, 0.3) is 0 Å². The highest BCUT2D eigenvalue weighted by atomic mass is 127. The number of benzene rings is 1. The van der Waals surface area contributed by atoms with Crippen molar-refractivity contribution in [2.24, 2.45) is 4.99 Å². The Hall–Kier alpha value is -2.41. The maximum absolute atomic E-state index is 12.6. The van der Waals surface area contributed by atoms with Crippen LogP contribution in [0.1, 0.15) is 5.56 Å². The molecule has 0 bridgehead atoms. The van der Waals surface area contributed by atoms with Gasteiger partial charge < -0.3 is 15.1 Å². The first-order valence-electron chi connectivity index (χ1n) is 9.61. The predicted molar refractivity (Wildman–Crippen MR) is 129 cm³/mol. The molecule has 2 heterocycles. The van der Waals surface area contributed by atoms with Gasteiger partial charge in [0, 0.05) is 44.8 Å². The number of guanidine groups is 1. The number of nitrogens with zero attached hydrogens (tertiary/aromatic N) is 6. The fraction of sp³-hybridized carbons (Fsp3) is 0.421. The van der Waals surface area contributed by atoms with Crippen molar-refractivity contribution in [2.75, 3.05) is 39.8 Å². The summed E-state index contributed by atoms with van der Waals surface area (Å²) >= 11 is 5.99. The zero-order valence-electron chi connectivity index (χ0n) is 17.1. The van der Waals surface area contributed by atoms with Gasteiger partial charge in [-0.05, 0) is 17.7 Å². The molecule has 1 aliphatic rings. The molecule has 0 aliphatic carbocycles. The fourth-order valence-electron chi connectivity index (χ4n) is 3.28. The standard InChI is InChI=1S/C19H24ClN7O3.HI/c1-21-19(22-5-6-26-14-17(13-23-26)27(29)30)25-9-7-24(8-10-25)18(28)12-15-3-2-4-16(20)11-15;/h2-4,11,13-14H,5-10,12H2,1H3,(H,21,22);1H. The number of aliphatic imine (C=N–C) groups is 1. The van der Waals surface area contributed by atoms with E-state index in [9.17, 15) is 14.9 Å². The van der Waals surface area contributed by atoms with Crippen LogP contribution >= 0.6 is 35.6 Å². The van der Waals surface area contributed by atoms with Gasteiger partial charge in [0.1, 0.15) is 12.4 Å². The third kappa shape index (κ3) is 7.06. The summed E-state index contributed by atoms with van der Waals surface area (Å²) in [7, 11) is 1.71. The Labute approximate surface area is 202 Å². The molecule has 1 aliphatic heterocycles. The highest BCUT2D eigenvalue weighted by Gasteiger charge is 2.23. The van der Waals surface area contributed by atoms with Crippen molar-refractivity contribution in [3.8, 4) is 0 Å². The molecular weight excluding hydrogens is 537 g/mol. The van der Waals surface area contributed by atoms with Crippen molar-refractivity contribution < 1.29 is 9.72 Å². The Kier molecular flexibility index (Phi) is 9.49. The molecule has 0 unspecified atom stereocenters. The molecule has 31 heavy (non-hydrogen) atoms. The lowest BCUT2D eigenvalue weighted by Gasteiger charge is -2.36. The SMILES string of the molecule is CN=C(NCCn1cc([N+](=O)[O-])cn1)N1CCN(C(=O)Cc2cccc(Cl)c2)CC1.I. The topological polar surface area (TPSA) is 109 Å². The molecule has 1 aromatic heterocycles. The molecule has 168 valence electrons. The molecule has 0 radical (unpaired) electrons. The first kappa shape index (κ1) is 24.9. The predicted octanol–water partition coefficient (Wildman–Crippen LogP) is 2.03. The molecule has 0 saturated carbocycles. The lowest BCUT2D eigenvalue weighted by Crippen LogP contribution is -2.54. The van der Waals surface area contributed by atoms with Crippen LogP contribution in [0.25, 0.3) is 0 Å². The van der Waals surface area contributed by atoms with Gasteiger partial charge in [-0.25, -0.2) is 0 Å². The van der Waals surface area contributed by atoms with Crippen LogP contribution in [0.4, 0.5) is 5.69 Å². The van der Waals surface area contributed by atoms with E-state index in [0.717, 1.165) is 11.5 Å². The van der Waals surface area contributed by atoms with E-state index in [0.29, 0.717) is 50.7 Å². The molecule has 12 heteroatoms. The Balaban J connectivity index is 0.00000341. The molecule has 0 spiro atoms. The minimum atomic E-state index is -0.469. The molecule has 10 nitrogen and oxygen atoms in total. The van der Waals surface area contributed by atoms with E-state index in [1.807, 2.05) is 23.1 Å². The molecule has 1 aromatic carbocycles.